The summed E-state index contributed by atoms with van der Waals surface area (Å²) in [6.45, 7) is 5.51. The Bertz CT molecular complexity index is 703. The molecule has 4 nitrogen and oxygen atoms in total. The predicted octanol–water partition coefficient (Wildman–Crippen LogP) is 4.34. The summed E-state index contributed by atoms with van der Waals surface area (Å²) in [6, 6.07) is 14.0. The van der Waals surface area contributed by atoms with Gasteiger partial charge in [0.05, 0.1) is 25.9 Å². The summed E-state index contributed by atoms with van der Waals surface area (Å²) in [7, 11) is 0. The van der Waals surface area contributed by atoms with Gasteiger partial charge in [0.2, 0.25) is 5.91 Å². The van der Waals surface area contributed by atoms with Gasteiger partial charge in [0.25, 0.3) is 0 Å². The van der Waals surface area contributed by atoms with Gasteiger partial charge in [0.1, 0.15) is 5.82 Å². The van der Waals surface area contributed by atoms with Crippen LogP contribution in [0.1, 0.15) is 31.4 Å². The molecule has 0 unspecified atom stereocenters. The maximum atomic E-state index is 13.6. The summed E-state index contributed by atoms with van der Waals surface area (Å²) in [4.78, 5) is 12.1. The van der Waals surface area contributed by atoms with Gasteiger partial charge in [0, 0.05) is 12.1 Å². The number of benzene rings is 2. The third-order valence-corrected chi connectivity index (χ3v) is 3.74. The van der Waals surface area contributed by atoms with Gasteiger partial charge in [-0.05, 0) is 49.6 Å². The van der Waals surface area contributed by atoms with Gasteiger partial charge in [-0.2, -0.15) is 0 Å². The Kier molecular flexibility index (Phi) is 8.25. The molecule has 0 heterocycles. The lowest BCUT2D eigenvalue weighted by Crippen LogP contribution is -2.13. The topological polar surface area (TPSA) is 47.6 Å². The van der Waals surface area contributed by atoms with Crippen molar-refractivity contribution in [3.05, 3.63) is 65.5 Å². The number of hydrogen-bond donors (Lipinski definition) is 1. The van der Waals surface area contributed by atoms with E-state index in [1.807, 2.05) is 38.1 Å². The molecule has 1 N–H and O–H groups in total. The molecule has 0 aliphatic rings. The molecule has 2 aromatic rings. The third kappa shape index (κ3) is 7.33. The molecule has 0 atom stereocenters. The zero-order valence-corrected chi connectivity index (χ0v) is 15.3. The fourth-order valence-electron chi connectivity index (χ4n) is 2.44. The Morgan fingerprint density at radius 3 is 2.69 bits per heavy atom. The number of amides is 1. The molecule has 140 valence electrons. The number of nitrogens with one attached hydrogen (secondary N) is 1. The summed E-state index contributed by atoms with van der Waals surface area (Å²) in [5, 5.41) is 2.85. The van der Waals surface area contributed by atoms with E-state index >= 15 is 0 Å². The molecule has 0 spiro atoms. The molecule has 0 aliphatic carbocycles. The Balaban J connectivity index is 1.76. The van der Waals surface area contributed by atoms with Crippen LogP contribution in [0.15, 0.2) is 48.5 Å². The van der Waals surface area contributed by atoms with Crippen LogP contribution in [-0.4, -0.2) is 25.2 Å². The molecule has 0 radical (unpaired) electrons. The number of anilines is 1. The van der Waals surface area contributed by atoms with Crippen LogP contribution in [0.2, 0.25) is 0 Å². The fourth-order valence-corrected chi connectivity index (χ4v) is 2.44. The molecule has 26 heavy (non-hydrogen) atoms. The summed E-state index contributed by atoms with van der Waals surface area (Å²) in [6.07, 6.45) is 0.798. The number of aryl methyl sites for hydroxylation is 1. The first kappa shape index (κ1) is 20.1. The van der Waals surface area contributed by atoms with E-state index in [0.29, 0.717) is 37.5 Å². The van der Waals surface area contributed by atoms with E-state index in [0.717, 1.165) is 5.56 Å². The van der Waals surface area contributed by atoms with Crippen LogP contribution in [0.25, 0.3) is 0 Å². The molecule has 0 saturated heterocycles. The molecule has 5 heteroatoms. The quantitative estimate of drug-likeness (QED) is 0.642. The number of halogens is 1. The first-order valence-electron chi connectivity index (χ1n) is 8.86. The highest BCUT2D eigenvalue weighted by Crippen LogP contribution is 2.13. The monoisotopic (exact) mass is 359 g/mol. The van der Waals surface area contributed by atoms with Gasteiger partial charge in [-0.1, -0.05) is 30.3 Å². The van der Waals surface area contributed by atoms with Crippen molar-refractivity contribution in [2.24, 2.45) is 0 Å². The van der Waals surface area contributed by atoms with E-state index in [2.05, 4.69) is 5.32 Å². The molecule has 1 amide bonds. The molecule has 0 aliphatic heterocycles. The highest BCUT2D eigenvalue weighted by molar-refractivity contribution is 5.90. The van der Waals surface area contributed by atoms with Crippen LogP contribution in [-0.2, 0) is 27.3 Å². The van der Waals surface area contributed by atoms with E-state index in [1.165, 1.54) is 6.07 Å². The summed E-state index contributed by atoms with van der Waals surface area (Å²) in [5.74, 6) is -0.419. The predicted molar refractivity (Wildman–Crippen MR) is 101 cm³/mol. The summed E-state index contributed by atoms with van der Waals surface area (Å²) >= 11 is 0. The van der Waals surface area contributed by atoms with Crippen LogP contribution in [0, 0.1) is 5.82 Å². The molecule has 0 aromatic heterocycles. The number of ether oxygens (including phenoxy) is 2. The van der Waals surface area contributed by atoms with Gasteiger partial charge in [0.15, 0.2) is 0 Å². The van der Waals surface area contributed by atoms with Gasteiger partial charge >= 0.3 is 0 Å². The van der Waals surface area contributed by atoms with Crippen molar-refractivity contribution in [3.8, 4) is 0 Å². The van der Waals surface area contributed by atoms with Crippen molar-refractivity contribution in [2.75, 3.05) is 18.5 Å². The minimum Gasteiger partial charge on any atom is -0.376 e. The van der Waals surface area contributed by atoms with Crippen molar-refractivity contribution in [3.63, 3.8) is 0 Å². The first-order valence-corrected chi connectivity index (χ1v) is 8.86. The fraction of sp³-hybridized carbons (Fsp3) is 0.381. The Hall–Kier alpha value is -2.24. The minimum atomic E-state index is -0.277. The SMILES string of the molecule is CC(C)OCCOCc1cccc(NC(=O)CCc2ccccc2F)c1. The zero-order valence-electron chi connectivity index (χ0n) is 15.3. The number of rotatable bonds is 10. The van der Waals surface area contributed by atoms with Crippen LogP contribution in [0.4, 0.5) is 10.1 Å². The van der Waals surface area contributed by atoms with Crippen LogP contribution in [0.5, 0.6) is 0 Å². The lowest BCUT2D eigenvalue weighted by Gasteiger charge is -2.10. The van der Waals surface area contributed by atoms with Gasteiger partial charge in [-0.15, -0.1) is 0 Å². The van der Waals surface area contributed by atoms with Crippen molar-refractivity contribution in [1.29, 1.82) is 0 Å². The lowest BCUT2D eigenvalue weighted by atomic mass is 10.1. The van der Waals surface area contributed by atoms with Crippen LogP contribution >= 0.6 is 0 Å². The van der Waals surface area contributed by atoms with Gasteiger partial charge in [-0.25, -0.2) is 4.39 Å². The first-order chi connectivity index (χ1) is 12.5. The van der Waals surface area contributed by atoms with Crippen molar-refractivity contribution >= 4 is 11.6 Å². The second-order valence-electron chi connectivity index (χ2n) is 6.31. The molecule has 0 fully saturated rings. The normalized spacial score (nSPS) is 10.9. The summed E-state index contributed by atoms with van der Waals surface area (Å²) in [5.41, 5.74) is 2.23. The van der Waals surface area contributed by atoms with Crippen molar-refractivity contribution in [1.82, 2.24) is 0 Å². The van der Waals surface area contributed by atoms with E-state index < -0.39 is 0 Å². The molecule has 0 bridgehead atoms. The average Bonchev–Trinajstić information content (AvgIpc) is 2.61. The number of carbonyl (C=O) groups is 1. The van der Waals surface area contributed by atoms with E-state index in [-0.39, 0.29) is 24.2 Å². The smallest absolute Gasteiger partial charge is 0.224 e. The molecular weight excluding hydrogens is 333 g/mol. The van der Waals surface area contributed by atoms with E-state index in [9.17, 15) is 9.18 Å². The number of carbonyl (C=O) groups excluding carboxylic acids is 1. The molecule has 2 aromatic carbocycles. The highest BCUT2D eigenvalue weighted by atomic mass is 19.1. The average molecular weight is 359 g/mol. The Morgan fingerprint density at radius 1 is 1.12 bits per heavy atom. The Labute approximate surface area is 154 Å². The molecular formula is C21H26FNO3. The van der Waals surface area contributed by atoms with E-state index in [4.69, 9.17) is 9.47 Å². The number of hydrogen-bond acceptors (Lipinski definition) is 3. The standard InChI is InChI=1S/C21H26FNO3/c1-16(2)26-13-12-25-15-17-6-5-8-19(14-17)23-21(24)11-10-18-7-3-4-9-20(18)22/h3-9,14,16H,10-13,15H2,1-2H3,(H,23,24). The highest BCUT2D eigenvalue weighted by Gasteiger charge is 2.07. The van der Waals surface area contributed by atoms with Gasteiger partial charge < -0.3 is 14.8 Å². The molecule has 0 saturated carbocycles. The zero-order chi connectivity index (χ0) is 18.8. The maximum Gasteiger partial charge on any atom is 0.224 e. The van der Waals surface area contributed by atoms with E-state index in [1.54, 1.807) is 18.2 Å². The Morgan fingerprint density at radius 2 is 1.92 bits per heavy atom. The second-order valence-corrected chi connectivity index (χ2v) is 6.31. The van der Waals surface area contributed by atoms with Crippen LogP contribution in [0.3, 0.4) is 0 Å². The van der Waals surface area contributed by atoms with Crippen LogP contribution < -0.4 is 5.32 Å². The minimum absolute atomic E-state index is 0.142. The van der Waals surface area contributed by atoms with Gasteiger partial charge in [-0.3, -0.25) is 4.79 Å². The largest absolute Gasteiger partial charge is 0.376 e. The van der Waals surface area contributed by atoms with Crippen molar-refractivity contribution < 1.29 is 18.7 Å². The molecule has 2 rings (SSSR count). The van der Waals surface area contributed by atoms with Crippen molar-refractivity contribution in [2.45, 2.75) is 39.4 Å². The maximum absolute atomic E-state index is 13.6. The summed E-state index contributed by atoms with van der Waals surface area (Å²) < 4.78 is 24.6. The second kappa shape index (κ2) is 10.7. The lowest BCUT2D eigenvalue weighted by molar-refractivity contribution is -0.116. The third-order valence-electron chi connectivity index (χ3n) is 3.74.